The number of anilines is 1. The minimum absolute atomic E-state index is 0.0569. The quantitative estimate of drug-likeness (QED) is 0.694. The summed E-state index contributed by atoms with van der Waals surface area (Å²) in [7, 11) is 0. The number of carbonyl (C=O) groups excluding carboxylic acids is 2. The molecule has 7 heteroatoms. The predicted octanol–water partition coefficient (Wildman–Crippen LogP) is 3.38. The van der Waals surface area contributed by atoms with E-state index in [0.29, 0.717) is 27.4 Å². The number of nitrogens with one attached hydrogen (secondary N) is 2. The van der Waals surface area contributed by atoms with Crippen molar-refractivity contribution in [3.8, 4) is 0 Å². The van der Waals surface area contributed by atoms with Gasteiger partial charge in [0.25, 0.3) is 0 Å². The van der Waals surface area contributed by atoms with Crippen molar-refractivity contribution < 1.29 is 14.0 Å². The lowest BCUT2D eigenvalue weighted by Crippen LogP contribution is -2.13. The van der Waals surface area contributed by atoms with Gasteiger partial charge >= 0.3 is 5.76 Å². The molecule has 3 rings (SSSR count). The van der Waals surface area contributed by atoms with Crippen LogP contribution in [0.4, 0.5) is 5.69 Å². The third-order valence-corrected chi connectivity index (χ3v) is 3.70. The van der Waals surface area contributed by atoms with Crippen LogP contribution in [0.25, 0.3) is 11.1 Å². The van der Waals surface area contributed by atoms with Gasteiger partial charge in [-0.15, -0.1) is 0 Å². The first-order valence-electron chi connectivity index (χ1n) is 7.23. The maximum Gasteiger partial charge on any atom is 0.417 e. The van der Waals surface area contributed by atoms with Gasteiger partial charge < -0.3 is 9.73 Å². The molecule has 0 unspecified atom stereocenters. The Bertz CT molecular complexity index is 957. The number of hydrogen-bond donors (Lipinski definition) is 2. The molecule has 0 saturated carbocycles. The average molecular weight is 345 g/mol. The summed E-state index contributed by atoms with van der Waals surface area (Å²) in [6.07, 6.45) is 0.152. The van der Waals surface area contributed by atoms with Crippen molar-refractivity contribution in [2.45, 2.75) is 12.8 Å². The second-order valence-corrected chi connectivity index (χ2v) is 5.64. The first-order chi connectivity index (χ1) is 11.5. The fourth-order valence-electron chi connectivity index (χ4n) is 2.26. The summed E-state index contributed by atoms with van der Waals surface area (Å²) >= 11 is 5.77. The Morgan fingerprint density at radius 1 is 1.08 bits per heavy atom. The molecule has 0 aliphatic carbocycles. The van der Waals surface area contributed by atoms with Crippen LogP contribution in [0.1, 0.15) is 23.2 Å². The van der Waals surface area contributed by atoms with E-state index in [0.717, 1.165) is 0 Å². The Balaban J connectivity index is 1.59. The summed E-state index contributed by atoms with van der Waals surface area (Å²) in [6.45, 7) is 0. The number of hydrogen-bond acceptors (Lipinski definition) is 4. The molecule has 0 spiro atoms. The number of carbonyl (C=O) groups is 2. The normalized spacial score (nSPS) is 10.7. The largest absolute Gasteiger partial charge is 0.417 e. The minimum atomic E-state index is -0.554. The van der Waals surface area contributed by atoms with Crippen molar-refractivity contribution in [3.05, 3.63) is 63.6 Å². The number of fused-ring (bicyclic) bond motifs is 1. The van der Waals surface area contributed by atoms with E-state index in [-0.39, 0.29) is 24.5 Å². The number of Topliss-reactive ketones (excluding diaryl/α,β-unsaturated/α-hetero) is 1. The average Bonchev–Trinajstić information content (AvgIpc) is 2.92. The molecule has 0 saturated heterocycles. The van der Waals surface area contributed by atoms with Gasteiger partial charge in [-0.05, 0) is 42.5 Å². The number of ketones is 1. The summed E-state index contributed by atoms with van der Waals surface area (Å²) in [5.74, 6) is -0.971. The van der Waals surface area contributed by atoms with Gasteiger partial charge in [0.05, 0.1) is 5.52 Å². The van der Waals surface area contributed by atoms with Crippen molar-refractivity contribution in [2.24, 2.45) is 0 Å². The van der Waals surface area contributed by atoms with Gasteiger partial charge in [-0.1, -0.05) is 11.6 Å². The number of benzene rings is 2. The van der Waals surface area contributed by atoms with Crippen LogP contribution >= 0.6 is 11.6 Å². The van der Waals surface area contributed by atoms with Gasteiger partial charge in [-0.2, -0.15) is 0 Å². The van der Waals surface area contributed by atoms with E-state index in [9.17, 15) is 14.4 Å². The van der Waals surface area contributed by atoms with Crippen molar-refractivity contribution in [1.29, 1.82) is 0 Å². The molecule has 3 aromatic rings. The van der Waals surface area contributed by atoms with Gasteiger partial charge in [0.2, 0.25) is 5.91 Å². The summed E-state index contributed by atoms with van der Waals surface area (Å²) < 4.78 is 4.89. The van der Waals surface area contributed by atoms with Crippen LogP contribution in [0.2, 0.25) is 5.02 Å². The smallest absolute Gasteiger partial charge is 0.408 e. The molecule has 0 atom stereocenters. The zero-order valence-corrected chi connectivity index (χ0v) is 13.2. The second kappa shape index (κ2) is 6.72. The highest BCUT2D eigenvalue weighted by atomic mass is 35.5. The molecule has 1 aromatic heterocycles. The number of amides is 1. The third kappa shape index (κ3) is 3.72. The van der Waals surface area contributed by atoms with Crippen molar-refractivity contribution in [3.63, 3.8) is 0 Å². The monoisotopic (exact) mass is 344 g/mol. The molecule has 122 valence electrons. The summed E-state index contributed by atoms with van der Waals surface area (Å²) in [6, 6.07) is 11.3. The third-order valence-electron chi connectivity index (χ3n) is 3.45. The summed E-state index contributed by atoms with van der Waals surface area (Å²) in [5, 5.41) is 3.24. The van der Waals surface area contributed by atoms with Crippen LogP contribution in [0.15, 0.2) is 51.7 Å². The fraction of sp³-hybridized carbons (Fsp3) is 0.118. The molecule has 2 aromatic carbocycles. The lowest BCUT2D eigenvalue weighted by atomic mass is 10.1. The van der Waals surface area contributed by atoms with E-state index >= 15 is 0 Å². The van der Waals surface area contributed by atoms with Crippen molar-refractivity contribution >= 4 is 40.1 Å². The number of rotatable bonds is 5. The SMILES string of the molecule is O=C(CCC(=O)c1ccc(Cl)cc1)Nc1ccc2oc(=O)[nH]c2c1. The summed E-state index contributed by atoms with van der Waals surface area (Å²) in [4.78, 5) is 37.6. The van der Waals surface area contributed by atoms with Crippen LogP contribution in [0, 0.1) is 0 Å². The molecule has 0 bridgehead atoms. The van der Waals surface area contributed by atoms with Crippen LogP contribution in [0.3, 0.4) is 0 Å². The van der Waals surface area contributed by atoms with E-state index in [2.05, 4.69) is 10.3 Å². The van der Waals surface area contributed by atoms with Crippen LogP contribution in [-0.4, -0.2) is 16.7 Å². The molecule has 0 radical (unpaired) electrons. The fourth-order valence-corrected chi connectivity index (χ4v) is 2.39. The van der Waals surface area contributed by atoms with Crippen molar-refractivity contribution in [2.75, 3.05) is 5.32 Å². The molecule has 2 N–H and O–H groups in total. The number of aromatic amines is 1. The molecule has 0 aliphatic rings. The van der Waals surface area contributed by atoms with E-state index in [1.165, 1.54) is 0 Å². The topological polar surface area (TPSA) is 92.2 Å². The minimum Gasteiger partial charge on any atom is -0.408 e. The van der Waals surface area contributed by atoms with E-state index < -0.39 is 5.76 Å². The molecule has 1 amide bonds. The van der Waals surface area contributed by atoms with Gasteiger partial charge in [0.1, 0.15) is 0 Å². The molecular weight excluding hydrogens is 332 g/mol. The zero-order valence-electron chi connectivity index (χ0n) is 12.5. The Kier molecular flexibility index (Phi) is 4.48. The van der Waals surface area contributed by atoms with Crippen LogP contribution in [0.5, 0.6) is 0 Å². The zero-order chi connectivity index (χ0) is 17.1. The molecule has 24 heavy (non-hydrogen) atoms. The Labute approximate surface area is 141 Å². The number of aromatic nitrogens is 1. The van der Waals surface area contributed by atoms with E-state index in [1.54, 1.807) is 42.5 Å². The van der Waals surface area contributed by atoms with Crippen molar-refractivity contribution in [1.82, 2.24) is 4.98 Å². The predicted molar refractivity (Wildman–Crippen MR) is 90.5 cm³/mol. The molecule has 0 fully saturated rings. The maximum atomic E-state index is 12.0. The van der Waals surface area contributed by atoms with Gasteiger partial charge in [0, 0.05) is 29.1 Å². The maximum absolute atomic E-state index is 12.0. The Morgan fingerprint density at radius 2 is 1.83 bits per heavy atom. The van der Waals surface area contributed by atoms with Gasteiger partial charge in [-0.3, -0.25) is 14.6 Å². The number of halogens is 1. The summed E-state index contributed by atoms with van der Waals surface area (Å²) in [5.41, 5.74) is 1.94. The van der Waals surface area contributed by atoms with E-state index in [1.807, 2.05) is 0 Å². The highest BCUT2D eigenvalue weighted by molar-refractivity contribution is 6.30. The second-order valence-electron chi connectivity index (χ2n) is 5.20. The highest BCUT2D eigenvalue weighted by Crippen LogP contribution is 2.17. The lowest BCUT2D eigenvalue weighted by molar-refractivity contribution is -0.116. The first kappa shape index (κ1) is 16.0. The Morgan fingerprint density at radius 3 is 2.58 bits per heavy atom. The lowest BCUT2D eigenvalue weighted by Gasteiger charge is -2.05. The highest BCUT2D eigenvalue weighted by Gasteiger charge is 2.10. The van der Waals surface area contributed by atoms with Crippen LogP contribution < -0.4 is 11.1 Å². The van der Waals surface area contributed by atoms with Gasteiger partial charge in [0.15, 0.2) is 11.4 Å². The molecular formula is C17H13ClN2O4. The number of H-pyrrole nitrogens is 1. The molecule has 6 nitrogen and oxygen atoms in total. The van der Waals surface area contributed by atoms with Gasteiger partial charge in [-0.25, -0.2) is 4.79 Å². The van der Waals surface area contributed by atoms with E-state index in [4.69, 9.17) is 16.0 Å². The molecule has 0 aliphatic heterocycles. The number of oxazole rings is 1. The molecule has 1 heterocycles. The Hall–Kier alpha value is -2.86. The standard InChI is InChI=1S/C17H13ClN2O4/c18-11-3-1-10(2-4-11)14(21)6-8-16(22)19-12-5-7-15-13(9-12)20-17(23)24-15/h1-5,7,9H,6,8H2,(H,19,22)(H,20,23). The first-order valence-corrected chi connectivity index (χ1v) is 7.60. The van der Waals surface area contributed by atoms with Crippen LogP contribution in [-0.2, 0) is 4.79 Å².